The number of phenols is 1. The van der Waals surface area contributed by atoms with Gasteiger partial charge in [-0.2, -0.15) is 13.9 Å². The Morgan fingerprint density at radius 1 is 1.11 bits per heavy atom. The maximum atomic E-state index is 12.6. The van der Waals surface area contributed by atoms with Crippen LogP contribution in [0.1, 0.15) is 18.4 Å². The summed E-state index contributed by atoms with van der Waals surface area (Å²) < 4.78 is 37.3. The van der Waals surface area contributed by atoms with Crippen LogP contribution in [0.4, 0.5) is 8.78 Å². The van der Waals surface area contributed by atoms with Gasteiger partial charge in [0.2, 0.25) is 0 Å². The Labute approximate surface area is 161 Å². The average Bonchev–Trinajstić information content (AvgIpc) is 3.38. The fourth-order valence-corrected chi connectivity index (χ4v) is 2.91. The van der Waals surface area contributed by atoms with Crippen molar-refractivity contribution >= 4 is 0 Å². The highest BCUT2D eigenvalue weighted by Gasteiger charge is 2.23. The molecule has 4 rings (SSSR count). The second-order valence-corrected chi connectivity index (χ2v) is 6.86. The highest BCUT2D eigenvalue weighted by atomic mass is 19.3. The second-order valence-electron chi connectivity index (χ2n) is 6.86. The van der Waals surface area contributed by atoms with Gasteiger partial charge < -0.3 is 14.6 Å². The second kappa shape index (κ2) is 7.88. The number of benzene rings is 2. The number of alkyl halides is 2. The van der Waals surface area contributed by atoms with E-state index in [1.54, 1.807) is 35.0 Å². The van der Waals surface area contributed by atoms with E-state index in [0.29, 0.717) is 24.8 Å². The van der Waals surface area contributed by atoms with Gasteiger partial charge in [0.1, 0.15) is 5.75 Å². The monoisotopic (exact) mass is 386 g/mol. The van der Waals surface area contributed by atoms with Crippen molar-refractivity contribution in [2.24, 2.45) is 5.92 Å². The summed E-state index contributed by atoms with van der Waals surface area (Å²) in [6.07, 6.45) is 4.04. The third kappa shape index (κ3) is 4.60. The van der Waals surface area contributed by atoms with Crippen LogP contribution in [0, 0.1) is 5.92 Å². The van der Waals surface area contributed by atoms with Crippen molar-refractivity contribution in [1.29, 1.82) is 0 Å². The summed E-state index contributed by atoms with van der Waals surface area (Å²) in [5.41, 5.74) is 2.41. The molecule has 0 aliphatic heterocycles. The molecule has 28 heavy (non-hydrogen) atoms. The van der Waals surface area contributed by atoms with Gasteiger partial charge in [-0.3, -0.25) is 4.68 Å². The Bertz CT molecular complexity index is 954. The van der Waals surface area contributed by atoms with Crippen LogP contribution in [0.3, 0.4) is 0 Å². The largest absolute Gasteiger partial charge is 0.508 e. The Balaban J connectivity index is 1.51. The molecule has 1 saturated carbocycles. The number of rotatable bonds is 8. The lowest BCUT2D eigenvalue weighted by atomic mass is 10.1. The van der Waals surface area contributed by atoms with Crippen molar-refractivity contribution in [2.75, 3.05) is 6.61 Å². The molecule has 1 aliphatic carbocycles. The van der Waals surface area contributed by atoms with E-state index in [4.69, 9.17) is 4.74 Å². The number of nitrogens with zero attached hydrogens (tertiary/aromatic N) is 2. The molecule has 0 amide bonds. The first kappa shape index (κ1) is 18.3. The van der Waals surface area contributed by atoms with E-state index in [-0.39, 0.29) is 11.5 Å². The first-order chi connectivity index (χ1) is 13.6. The molecule has 0 radical (unpaired) electrons. The van der Waals surface area contributed by atoms with Crippen LogP contribution in [0.2, 0.25) is 0 Å². The van der Waals surface area contributed by atoms with Gasteiger partial charge >= 0.3 is 6.61 Å². The molecule has 2 aromatic carbocycles. The third-order valence-corrected chi connectivity index (χ3v) is 4.52. The Morgan fingerprint density at radius 2 is 1.96 bits per heavy atom. The zero-order valence-electron chi connectivity index (χ0n) is 15.1. The molecule has 5 nitrogen and oxygen atoms in total. The minimum absolute atomic E-state index is 0.0420. The van der Waals surface area contributed by atoms with Crippen molar-refractivity contribution in [3.63, 3.8) is 0 Å². The molecule has 1 N–H and O–H groups in total. The summed E-state index contributed by atoms with van der Waals surface area (Å²) in [4.78, 5) is 0. The van der Waals surface area contributed by atoms with Crippen LogP contribution in [0.15, 0.2) is 54.7 Å². The molecule has 0 spiro atoms. The predicted molar refractivity (Wildman–Crippen MR) is 99.7 cm³/mol. The van der Waals surface area contributed by atoms with Crippen molar-refractivity contribution < 1.29 is 23.4 Å². The number of phenolic OH excluding ortho intramolecular Hbond substituents is 1. The van der Waals surface area contributed by atoms with Crippen molar-refractivity contribution in [1.82, 2.24) is 9.78 Å². The number of hydrogen-bond acceptors (Lipinski definition) is 4. The molecule has 0 bridgehead atoms. The van der Waals surface area contributed by atoms with Crippen molar-refractivity contribution in [2.45, 2.75) is 26.0 Å². The number of hydrogen-bond donors (Lipinski definition) is 1. The summed E-state index contributed by atoms with van der Waals surface area (Å²) in [5.74, 6) is 1.04. The Morgan fingerprint density at radius 3 is 2.71 bits per heavy atom. The van der Waals surface area contributed by atoms with E-state index < -0.39 is 6.61 Å². The number of halogens is 2. The first-order valence-corrected chi connectivity index (χ1v) is 9.10. The van der Waals surface area contributed by atoms with Crippen molar-refractivity contribution in [3.05, 3.63) is 60.3 Å². The molecule has 1 aromatic heterocycles. The summed E-state index contributed by atoms with van der Waals surface area (Å²) in [5, 5.41) is 14.1. The summed E-state index contributed by atoms with van der Waals surface area (Å²) in [6, 6.07) is 13.7. The number of ether oxygens (including phenoxy) is 2. The van der Waals surface area contributed by atoms with Crippen LogP contribution in [-0.4, -0.2) is 28.1 Å². The molecule has 0 atom stereocenters. The van der Waals surface area contributed by atoms with Gasteiger partial charge in [-0.05, 0) is 54.7 Å². The zero-order chi connectivity index (χ0) is 19.5. The van der Waals surface area contributed by atoms with Gasteiger partial charge in [-0.1, -0.05) is 18.2 Å². The summed E-state index contributed by atoms with van der Waals surface area (Å²) >= 11 is 0. The predicted octanol–water partition coefficient (Wildman–Crippen LogP) is 4.69. The smallest absolute Gasteiger partial charge is 0.387 e. The average molecular weight is 386 g/mol. The van der Waals surface area contributed by atoms with E-state index in [0.717, 1.165) is 29.7 Å². The topological polar surface area (TPSA) is 56.5 Å². The SMILES string of the molecule is Oc1cccc(-c2ccn(Cc3ccc(OC(F)F)c(OCC4CC4)c3)n2)c1. The molecule has 146 valence electrons. The molecule has 1 aliphatic rings. The molecule has 0 unspecified atom stereocenters. The van der Waals surface area contributed by atoms with Crippen LogP contribution in [0.5, 0.6) is 17.2 Å². The van der Waals surface area contributed by atoms with Gasteiger partial charge in [0.25, 0.3) is 0 Å². The molecular formula is C21H20F2N2O3. The van der Waals surface area contributed by atoms with Gasteiger partial charge in [0.05, 0.1) is 18.8 Å². The van der Waals surface area contributed by atoms with E-state index in [2.05, 4.69) is 9.84 Å². The molecule has 1 heterocycles. The van der Waals surface area contributed by atoms with Gasteiger partial charge in [-0.15, -0.1) is 0 Å². The molecule has 3 aromatic rings. The normalized spacial score (nSPS) is 13.7. The minimum Gasteiger partial charge on any atom is -0.508 e. The Hall–Kier alpha value is -3.09. The third-order valence-electron chi connectivity index (χ3n) is 4.52. The minimum atomic E-state index is -2.90. The standard InChI is InChI=1S/C21H20F2N2O3/c22-21(23)28-19-7-6-15(10-20(19)27-13-14-4-5-14)12-25-9-8-18(24-25)16-2-1-3-17(26)11-16/h1-3,6-11,14,21,26H,4-5,12-13H2. The van der Waals surface area contributed by atoms with E-state index in [9.17, 15) is 13.9 Å². The maximum absolute atomic E-state index is 12.6. The number of aromatic nitrogens is 2. The summed E-state index contributed by atoms with van der Waals surface area (Å²) in [7, 11) is 0. The molecule has 7 heteroatoms. The first-order valence-electron chi connectivity index (χ1n) is 9.10. The lowest BCUT2D eigenvalue weighted by molar-refractivity contribution is -0.0515. The van der Waals surface area contributed by atoms with Gasteiger partial charge in [-0.25, -0.2) is 0 Å². The van der Waals surface area contributed by atoms with Crippen LogP contribution in [0.25, 0.3) is 11.3 Å². The van der Waals surface area contributed by atoms with Crippen LogP contribution >= 0.6 is 0 Å². The van der Waals surface area contributed by atoms with E-state index in [1.807, 2.05) is 18.3 Å². The lowest BCUT2D eigenvalue weighted by Gasteiger charge is -2.13. The maximum Gasteiger partial charge on any atom is 0.387 e. The lowest BCUT2D eigenvalue weighted by Crippen LogP contribution is -2.07. The highest BCUT2D eigenvalue weighted by molar-refractivity contribution is 5.60. The van der Waals surface area contributed by atoms with Gasteiger partial charge in [0.15, 0.2) is 11.5 Å². The zero-order valence-corrected chi connectivity index (χ0v) is 15.1. The number of aromatic hydroxyl groups is 1. The van der Waals surface area contributed by atoms with E-state index >= 15 is 0 Å². The molecular weight excluding hydrogens is 366 g/mol. The molecule has 1 fully saturated rings. The fourth-order valence-electron chi connectivity index (χ4n) is 2.91. The Kier molecular flexibility index (Phi) is 5.14. The quantitative estimate of drug-likeness (QED) is 0.610. The van der Waals surface area contributed by atoms with Gasteiger partial charge in [0, 0.05) is 11.8 Å². The summed E-state index contributed by atoms with van der Waals surface area (Å²) in [6.45, 7) is -1.94. The van der Waals surface area contributed by atoms with E-state index in [1.165, 1.54) is 6.07 Å². The van der Waals surface area contributed by atoms with Crippen LogP contribution in [-0.2, 0) is 6.54 Å². The molecule has 0 saturated heterocycles. The van der Waals surface area contributed by atoms with Crippen LogP contribution < -0.4 is 9.47 Å². The van der Waals surface area contributed by atoms with Crippen molar-refractivity contribution in [3.8, 4) is 28.5 Å². The highest BCUT2D eigenvalue weighted by Crippen LogP contribution is 2.34. The fraction of sp³-hybridized carbons (Fsp3) is 0.286.